The largest absolute Gasteiger partial charge is 0.329 e. The summed E-state index contributed by atoms with van der Waals surface area (Å²) in [5, 5.41) is 2.15. The number of nitrogens with zero attached hydrogens (tertiary/aromatic N) is 1. The molecule has 2 nitrogen and oxygen atoms in total. The molecule has 0 bridgehead atoms. The summed E-state index contributed by atoms with van der Waals surface area (Å²) in [7, 11) is 0. The average Bonchev–Trinajstić information content (AvgIpc) is 2.96. The van der Waals surface area contributed by atoms with Crippen LogP contribution in [0.2, 0.25) is 0 Å². The molecular weight excluding hydrogens is 296 g/mol. The van der Waals surface area contributed by atoms with E-state index in [9.17, 15) is 0 Å². The summed E-state index contributed by atoms with van der Waals surface area (Å²) in [4.78, 5) is 4.00. The van der Waals surface area contributed by atoms with Crippen LogP contribution >= 0.6 is 27.3 Å². The highest BCUT2D eigenvalue weighted by atomic mass is 79.9. The van der Waals surface area contributed by atoms with E-state index in [4.69, 9.17) is 5.73 Å². The van der Waals surface area contributed by atoms with E-state index in [1.165, 1.54) is 35.0 Å². The van der Waals surface area contributed by atoms with Crippen LogP contribution in [0.25, 0.3) is 0 Å². The van der Waals surface area contributed by atoms with Gasteiger partial charge in [0.25, 0.3) is 0 Å². The SMILES string of the molecule is CCN(C1CCCC1)C(CN)c1cc(Br)cs1. The first-order valence-corrected chi connectivity index (χ1v) is 8.13. The smallest absolute Gasteiger partial charge is 0.0567 e. The molecule has 0 aromatic carbocycles. The second-order valence-electron chi connectivity index (χ2n) is 4.69. The number of nitrogens with two attached hydrogens (primary N) is 1. The van der Waals surface area contributed by atoms with Crippen molar-refractivity contribution in [3.8, 4) is 0 Å². The second kappa shape index (κ2) is 6.32. The van der Waals surface area contributed by atoms with Crippen LogP contribution in [0.5, 0.6) is 0 Å². The first kappa shape index (κ1) is 13.5. The van der Waals surface area contributed by atoms with Crippen LogP contribution in [-0.4, -0.2) is 24.0 Å². The first-order chi connectivity index (χ1) is 8.26. The highest BCUT2D eigenvalue weighted by molar-refractivity contribution is 9.10. The lowest BCUT2D eigenvalue weighted by atomic mass is 10.1. The van der Waals surface area contributed by atoms with Crippen molar-refractivity contribution in [3.05, 3.63) is 20.8 Å². The number of rotatable bonds is 5. The lowest BCUT2D eigenvalue weighted by molar-refractivity contribution is 0.149. The Morgan fingerprint density at radius 2 is 2.24 bits per heavy atom. The Hall–Kier alpha value is 0.1000. The van der Waals surface area contributed by atoms with Gasteiger partial charge in [-0.2, -0.15) is 0 Å². The summed E-state index contributed by atoms with van der Waals surface area (Å²) in [6.45, 7) is 4.07. The maximum absolute atomic E-state index is 6.01. The van der Waals surface area contributed by atoms with Crippen molar-refractivity contribution in [2.24, 2.45) is 5.73 Å². The fourth-order valence-corrected chi connectivity index (χ4v) is 4.47. The molecule has 1 fully saturated rings. The minimum Gasteiger partial charge on any atom is -0.329 e. The summed E-state index contributed by atoms with van der Waals surface area (Å²) >= 11 is 5.35. The maximum Gasteiger partial charge on any atom is 0.0567 e. The highest BCUT2D eigenvalue weighted by Crippen LogP contribution is 2.34. The van der Waals surface area contributed by atoms with Gasteiger partial charge in [0.15, 0.2) is 0 Å². The van der Waals surface area contributed by atoms with Crippen LogP contribution in [0, 0.1) is 0 Å². The molecule has 1 aromatic rings. The standard InChI is InChI=1S/C13H21BrN2S/c1-2-16(11-5-3-4-6-11)12(8-15)13-7-10(14)9-17-13/h7,9,11-12H,2-6,8,15H2,1H3. The highest BCUT2D eigenvalue weighted by Gasteiger charge is 2.28. The van der Waals surface area contributed by atoms with Crippen LogP contribution in [0.15, 0.2) is 15.9 Å². The average molecular weight is 317 g/mol. The van der Waals surface area contributed by atoms with Crippen LogP contribution in [0.4, 0.5) is 0 Å². The lowest BCUT2D eigenvalue weighted by Crippen LogP contribution is -2.39. The van der Waals surface area contributed by atoms with Gasteiger partial charge >= 0.3 is 0 Å². The Morgan fingerprint density at radius 1 is 1.53 bits per heavy atom. The molecule has 0 aliphatic heterocycles. The lowest BCUT2D eigenvalue weighted by Gasteiger charge is -2.34. The molecule has 1 heterocycles. The van der Waals surface area contributed by atoms with Crippen LogP contribution in [0.3, 0.4) is 0 Å². The minimum atomic E-state index is 0.402. The van der Waals surface area contributed by atoms with E-state index in [0.29, 0.717) is 6.04 Å². The van der Waals surface area contributed by atoms with Gasteiger partial charge in [-0.05, 0) is 41.4 Å². The van der Waals surface area contributed by atoms with Crippen molar-refractivity contribution in [1.29, 1.82) is 0 Å². The summed E-state index contributed by atoms with van der Waals surface area (Å²) in [5.41, 5.74) is 6.01. The van der Waals surface area contributed by atoms with Crippen molar-refractivity contribution < 1.29 is 0 Å². The maximum atomic E-state index is 6.01. The van der Waals surface area contributed by atoms with Gasteiger partial charge in [0.05, 0.1) is 6.04 Å². The number of hydrogen-bond acceptors (Lipinski definition) is 3. The Kier molecular flexibility index (Phi) is 5.03. The molecule has 17 heavy (non-hydrogen) atoms. The van der Waals surface area contributed by atoms with Gasteiger partial charge < -0.3 is 5.73 Å². The monoisotopic (exact) mass is 316 g/mol. The molecule has 0 spiro atoms. The molecule has 1 saturated carbocycles. The third-order valence-corrected chi connectivity index (χ3v) is 5.49. The van der Waals surface area contributed by atoms with Crippen LogP contribution < -0.4 is 5.73 Å². The predicted molar refractivity (Wildman–Crippen MR) is 78.5 cm³/mol. The molecule has 1 aromatic heterocycles. The molecule has 96 valence electrons. The summed E-state index contributed by atoms with van der Waals surface area (Å²) < 4.78 is 1.18. The number of hydrogen-bond donors (Lipinski definition) is 1. The van der Waals surface area contributed by atoms with E-state index in [0.717, 1.165) is 19.1 Å². The molecule has 1 unspecified atom stereocenters. The molecule has 2 N–H and O–H groups in total. The van der Waals surface area contributed by atoms with E-state index in [1.54, 1.807) is 0 Å². The van der Waals surface area contributed by atoms with Crippen molar-refractivity contribution in [2.75, 3.05) is 13.1 Å². The zero-order valence-corrected chi connectivity index (χ0v) is 12.8. The third kappa shape index (κ3) is 3.11. The van der Waals surface area contributed by atoms with Gasteiger partial charge in [-0.1, -0.05) is 19.8 Å². The second-order valence-corrected chi connectivity index (χ2v) is 6.55. The quantitative estimate of drug-likeness (QED) is 0.895. The molecule has 0 amide bonds. The Labute approximate surface area is 116 Å². The molecule has 4 heteroatoms. The van der Waals surface area contributed by atoms with Gasteiger partial charge in [0.2, 0.25) is 0 Å². The molecular formula is C13H21BrN2S. The van der Waals surface area contributed by atoms with Crippen molar-refractivity contribution in [2.45, 2.75) is 44.7 Å². The van der Waals surface area contributed by atoms with Gasteiger partial charge in [-0.25, -0.2) is 0 Å². The molecule has 1 aliphatic carbocycles. The molecule has 0 radical (unpaired) electrons. The van der Waals surface area contributed by atoms with Crippen molar-refractivity contribution in [3.63, 3.8) is 0 Å². The van der Waals surface area contributed by atoms with E-state index < -0.39 is 0 Å². The van der Waals surface area contributed by atoms with Crippen molar-refractivity contribution in [1.82, 2.24) is 4.90 Å². The summed E-state index contributed by atoms with van der Waals surface area (Å²) in [6, 6.07) is 3.37. The normalized spacial score (nSPS) is 19.1. The molecule has 1 aliphatic rings. The number of thiophene rings is 1. The Morgan fingerprint density at radius 3 is 2.71 bits per heavy atom. The Bertz CT molecular complexity index is 347. The summed E-state index contributed by atoms with van der Waals surface area (Å²) in [5.74, 6) is 0. The van der Waals surface area contributed by atoms with E-state index in [1.807, 2.05) is 11.3 Å². The number of halogens is 1. The zero-order valence-electron chi connectivity index (χ0n) is 10.4. The van der Waals surface area contributed by atoms with Crippen molar-refractivity contribution >= 4 is 27.3 Å². The van der Waals surface area contributed by atoms with E-state index in [2.05, 4.69) is 39.2 Å². The molecule has 2 rings (SSSR count). The van der Waals surface area contributed by atoms with Gasteiger partial charge in [0, 0.05) is 27.3 Å². The minimum absolute atomic E-state index is 0.402. The molecule has 0 saturated heterocycles. The zero-order chi connectivity index (χ0) is 12.3. The Balaban J connectivity index is 2.14. The van der Waals surface area contributed by atoms with Crippen LogP contribution in [0.1, 0.15) is 43.5 Å². The topological polar surface area (TPSA) is 29.3 Å². The van der Waals surface area contributed by atoms with Gasteiger partial charge in [-0.15, -0.1) is 11.3 Å². The van der Waals surface area contributed by atoms with E-state index in [-0.39, 0.29) is 0 Å². The van der Waals surface area contributed by atoms with Crippen LogP contribution in [-0.2, 0) is 0 Å². The van der Waals surface area contributed by atoms with Gasteiger partial charge in [-0.3, -0.25) is 4.90 Å². The first-order valence-electron chi connectivity index (χ1n) is 6.46. The fraction of sp³-hybridized carbons (Fsp3) is 0.692. The van der Waals surface area contributed by atoms with Gasteiger partial charge in [0.1, 0.15) is 0 Å². The summed E-state index contributed by atoms with van der Waals surface area (Å²) in [6.07, 6.45) is 5.45. The predicted octanol–water partition coefficient (Wildman–Crippen LogP) is 3.77. The number of likely N-dealkylation sites (N-methyl/N-ethyl adjacent to an activating group) is 1. The van der Waals surface area contributed by atoms with E-state index >= 15 is 0 Å². The third-order valence-electron chi connectivity index (χ3n) is 3.70. The fourth-order valence-electron chi connectivity index (χ4n) is 2.89. The molecule has 1 atom stereocenters.